The van der Waals surface area contributed by atoms with Gasteiger partial charge in [-0.3, -0.25) is 0 Å². The van der Waals surface area contributed by atoms with E-state index in [0.29, 0.717) is 0 Å². The largest absolute Gasteiger partial charge is 0.481 e. The molecule has 0 radical (unpaired) electrons. The summed E-state index contributed by atoms with van der Waals surface area (Å²) in [5, 5.41) is -0.847. The fraction of sp³-hybridized carbons (Fsp3) is 1.00. The molecule has 0 aliphatic heterocycles. The molecule has 0 aromatic carbocycles. The SMILES string of the molecule is CCC(C)(OC)[SiH2]OP(=O)(OOC)O[SiH2]C(C)(CC)OC. The lowest BCUT2D eigenvalue weighted by Gasteiger charge is -2.30. The van der Waals surface area contributed by atoms with E-state index >= 15 is 0 Å². The third-order valence-corrected chi connectivity index (χ3v) is 10.4. The molecule has 0 rings (SSSR count). The Morgan fingerprint density at radius 2 is 1.29 bits per heavy atom. The first-order valence-corrected chi connectivity index (χ1v) is 11.0. The molecule has 0 saturated heterocycles. The Kier molecular flexibility index (Phi) is 9.73. The van der Waals surface area contributed by atoms with Gasteiger partial charge in [0, 0.05) is 14.2 Å². The highest BCUT2D eigenvalue weighted by Gasteiger charge is 2.36. The molecule has 128 valence electrons. The van der Waals surface area contributed by atoms with E-state index in [9.17, 15) is 4.57 Å². The average molecular weight is 360 g/mol. The summed E-state index contributed by atoms with van der Waals surface area (Å²) in [6.45, 7) is 7.80. The summed E-state index contributed by atoms with van der Waals surface area (Å²) in [4.78, 5) is 4.52. The van der Waals surface area contributed by atoms with E-state index < -0.39 is 37.8 Å². The molecule has 2 unspecified atom stereocenters. The molecule has 0 aliphatic rings. The summed E-state index contributed by atoms with van der Waals surface area (Å²) in [6, 6.07) is 0. The number of methoxy groups -OCH3 is 2. The van der Waals surface area contributed by atoms with Gasteiger partial charge in [0.25, 0.3) is 0 Å². The second-order valence-corrected chi connectivity index (χ2v) is 11.9. The van der Waals surface area contributed by atoms with Crippen molar-refractivity contribution >= 4 is 27.3 Å². The summed E-state index contributed by atoms with van der Waals surface area (Å²) in [7, 11) is -1.85. The lowest BCUT2D eigenvalue weighted by molar-refractivity contribution is -0.193. The van der Waals surface area contributed by atoms with Gasteiger partial charge in [-0.05, 0) is 26.7 Å². The smallest absolute Gasteiger partial charge is 0.380 e. The monoisotopic (exact) mass is 360 g/mol. The van der Waals surface area contributed by atoms with Gasteiger partial charge in [0.2, 0.25) is 19.5 Å². The van der Waals surface area contributed by atoms with Crippen LogP contribution in [0.3, 0.4) is 0 Å². The molecule has 0 aromatic rings. The predicted octanol–water partition coefficient (Wildman–Crippen LogP) is 1.42. The first-order chi connectivity index (χ1) is 9.72. The second kappa shape index (κ2) is 9.54. The number of hydrogen-bond donors (Lipinski definition) is 0. The number of hydrogen-bond acceptors (Lipinski definition) is 7. The molecule has 0 aliphatic carbocycles. The summed E-state index contributed by atoms with van der Waals surface area (Å²) in [6.07, 6.45) is 1.51. The molecule has 21 heavy (non-hydrogen) atoms. The second-order valence-electron chi connectivity index (χ2n) is 5.25. The lowest BCUT2D eigenvalue weighted by Crippen LogP contribution is -2.37. The molecule has 0 heterocycles. The van der Waals surface area contributed by atoms with Gasteiger partial charge in [-0.2, -0.15) is 0 Å². The van der Waals surface area contributed by atoms with E-state index in [2.05, 4.69) is 4.89 Å². The Labute approximate surface area is 132 Å². The summed E-state index contributed by atoms with van der Waals surface area (Å²) in [5.74, 6) is 0. The fourth-order valence-electron chi connectivity index (χ4n) is 1.21. The van der Waals surface area contributed by atoms with E-state index in [1.165, 1.54) is 7.11 Å². The van der Waals surface area contributed by atoms with Crippen LogP contribution in [-0.4, -0.2) is 51.3 Å². The zero-order valence-corrected chi connectivity index (χ0v) is 17.9. The fourth-order valence-corrected chi connectivity index (χ4v) is 6.80. The van der Waals surface area contributed by atoms with Crippen LogP contribution in [0.4, 0.5) is 0 Å². The van der Waals surface area contributed by atoms with Crippen LogP contribution >= 0.6 is 7.82 Å². The number of phosphoric acid groups is 1. The van der Waals surface area contributed by atoms with Gasteiger partial charge in [0.15, 0.2) is 0 Å². The van der Waals surface area contributed by atoms with Crippen molar-refractivity contribution in [1.29, 1.82) is 0 Å². The Bertz CT molecular complexity index is 309. The first kappa shape index (κ1) is 21.4. The van der Waals surface area contributed by atoms with Crippen molar-refractivity contribution in [1.82, 2.24) is 0 Å². The van der Waals surface area contributed by atoms with Crippen LogP contribution in [0.5, 0.6) is 0 Å². The van der Waals surface area contributed by atoms with Crippen molar-refractivity contribution in [2.45, 2.75) is 51.0 Å². The Morgan fingerprint density at radius 1 is 0.905 bits per heavy atom. The standard InChI is InChI=1S/C11H29O7PSi2/c1-8-10(3,13-5)20-17-19(12,16-15-7)18-21-11(4,9-2)14-6/h8-9,20-21H2,1-7H3. The summed E-state index contributed by atoms with van der Waals surface area (Å²) >= 11 is 0. The molecular weight excluding hydrogens is 331 g/mol. The highest BCUT2D eigenvalue weighted by atomic mass is 31.2. The van der Waals surface area contributed by atoms with Crippen molar-refractivity contribution < 1.29 is 32.0 Å². The third kappa shape index (κ3) is 7.49. The van der Waals surface area contributed by atoms with Crippen molar-refractivity contribution in [2.24, 2.45) is 0 Å². The van der Waals surface area contributed by atoms with Gasteiger partial charge in [0.1, 0.15) is 0 Å². The average Bonchev–Trinajstić information content (AvgIpc) is 2.51. The van der Waals surface area contributed by atoms with Crippen LogP contribution in [0.15, 0.2) is 0 Å². The molecule has 10 heteroatoms. The van der Waals surface area contributed by atoms with Gasteiger partial charge in [-0.25, -0.2) is 9.45 Å². The van der Waals surface area contributed by atoms with Crippen molar-refractivity contribution in [3.8, 4) is 0 Å². The van der Waals surface area contributed by atoms with Gasteiger partial charge >= 0.3 is 7.82 Å². The Morgan fingerprint density at radius 3 is 1.52 bits per heavy atom. The molecule has 7 nitrogen and oxygen atoms in total. The summed E-state index contributed by atoms with van der Waals surface area (Å²) < 4.78 is 39.1. The van der Waals surface area contributed by atoms with E-state index in [4.69, 9.17) is 22.6 Å². The Hall–Kier alpha value is 0.424. The quantitative estimate of drug-likeness (QED) is 0.225. The van der Waals surface area contributed by atoms with Gasteiger partial charge < -0.3 is 17.9 Å². The van der Waals surface area contributed by atoms with Crippen LogP contribution < -0.4 is 0 Å². The zero-order chi connectivity index (χ0) is 16.6. The number of rotatable bonds is 12. The Balaban J connectivity index is 4.74. The maximum atomic E-state index is 12.5. The highest BCUT2D eigenvalue weighted by Crippen LogP contribution is 2.50. The van der Waals surface area contributed by atoms with Crippen LogP contribution in [0.1, 0.15) is 40.5 Å². The first-order valence-electron chi connectivity index (χ1n) is 6.94. The minimum Gasteiger partial charge on any atom is -0.380 e. The van der Waals surface area contributed by atoms with Crippen LogP contribution in [0, 0.1) is 0 Å². The van der Waals surface area contributed by atoms with Crippen molar-refractivity contribution in [3.05, 3.63) is 0 Å². The third-order valence-electron chi connectivity index (χ3n) is 3.70. The van der Waals surface area contributed by atoms with Gasteiger partial charge in [0.05, 0.1) is 17.6 Å². The van der Waals surface area contributed by atoms with E-state index in [1.54, 1.807) is 14.2 Å². The molecule has 0 saturated carbocycles. The van der Waals surface area contributed by atoms with Gasteiger partial charge in [-0.1, -0.05) is 13.8 Å². The van der Waals surface area contributed by atoms with E-state index in [-0.39, 0.29) is 0 Å². The van der Waals surface area contributed by atoms with Crippen molar-refractivity contribution in [2.75, 3.05) is 21.3 Å². The molecule has 2 atom stereocenters. The topological polar surface area (TPSA) is 72.5 Å². The summed E-state index contributed by atoms with van der Waals surface area (Å²) in [5.41, 5.74) is 0. The maximum Gasteiger partial charge on any atom is 0.481 e. The van der Waals surface area contributed by atoms with Crippen LogP contribution in [0.2, 0.25) is 0 Å². The zero-order valence-electron chi connectivity index (χ0n) is 14.1. The van der Waals surface area contributed by atoms with Crippen molar-refractivity contribution in [3.63, 3.8) is 0 Å². The van der Waals surface area contributed by atoms with E-state index in [0.717, 1.165) is 12.8 Å². The predicted molar refractivity (Wildman–Crippen MR) is 86.4 cm³/mol. The maximum absolute atomic E-state index is 12.5. The lowest BCUT2D eigenvalue weighted by atomic mass is 10.3. The van der Waals surface area contributed by atoms with E-state index in [1.807, 2.05) is 27.7 Å². The van der Waals surface area contributed by atoms with Crippen LogP contribution in [0.25, 0.3) is 0 Å². The molecule has 0 aromatic heterocycles. The molecule has 0 bridgehead atoms. The molecule has 0 fully saturated rings. The molecule has 0 N–H and O–H groups in total. The minimum atomic E-state index is -3.72. The highest BCUT2D eigenvalue weighted by molar-refractivity contribution is 7.50. The van der Waals surface area contributed by atoms with Crippen LogP contribution in [-0.2, 0) is 32.0 Å². The minimum absolute atomic E-state index is 0.424. The molecule has 0 spiro atoms. The number of ether oxygens (including phenoxy) is 2. The van der Waals surface area contributed by atoms with Gasteiger partial charge in [-0.15, -0.1) is 4.67 Å². The molecular formula is C11H29O7PSi2. The molecule has 0 amide bonds. The normalized spacial score (nSPS) is 21.7.